The van der Waals surface area contributed by atoms with E-state index in [4.69, 9.17) is 14.7 Å². The van der Waals surface area contributed by atoms with Gasteiger partial charge in [0.25, 0.3) is 0 Å². The molecule has 9 heteroatoms. The highest BCUT2D eigenvalue weighted by atomic mass is 32.2. The molecule has 0 aliphatic carbocycles. The third-order valence-electron chi connectivity index (χ3n) is 3.70. The molecular weight excluding hydrogens is 370 g/mol. The number of nitriles is 1. The minimum absolute atomic E-state index is 0.0260. The van der Waals surface area contributed by atoms with Crippen LogP contribution in [-0.4, -0.2) is 46.4 Å². The maximum Gasteiger partial charge on any atom is 0.243 e. The van der Waals surface area contributed by atoms with Gasteiger partial charge in [0, 0.05) is 18.8 Å². The van der Waals surface area contributed by atoms with Crippen LogP contribution in [-0.2, 0) is 14.8 Å². The molecule has 0 spiro atoms. The second-order valence-electron chi connectivity index (χ2n) is 5.52. The standard InChI is InChI=1S/C18H19N3O5S/c1-21(12-18(22)20-14-6-4-5-13(9-14)11-19)27(23,24)15-7-8-16(25-2)17(10-15)26-3/h4-10H,12H2,1-3H3,(H,20,22). The second kappa shape index (κ2) is 8.53. The number of carbonyl (C=O) groups is 1. The molecule has 0 aliphatic rings. The molecule has 8 nitrogen and oxygen atoms in total. The van der Waals surface area contributed by atoms with Gasteiger partial charge in [-0.2, -0.15) is 9.57 Å². The molecule has 2 aromatic carbocycles. The largest absolute Gasteiger partial charge is 0.493 e. The molecule has 27 heavy (non-hydrogen) atoms. The minimum atomic E-state index is -3.91. The van der Waals surface area contributed by atoms with Gasteiger partial charge >= 0.3 is 0 Å². The van der Waals surface area contributed by atoms with Crippen molar-refractivity contribution in [1.82, 2.24) is 4.31 Å². The van der Waals surface area contributed by atoms with Crippen LogP contribution in [0.1, 0.15) is 5.56 Å². The number of hydrogen-bond acceptors (Lipinski definition) is 6. The van der Waals surface area contributed by atoms with Crippen molar-refractivity contribution >= 4 is 21.6 Å². The van der Waals surface area contributed by atoms with Crippen LogP contribution >= 0.6 is 0 Å². The molecule has 0 radical (unpaired) electrons. The van der Waals surface area contributed by atoms with Crippen LogP contribution in [0.15, 0.2) is 47.4 Å². The zero-order valence-corrected chi connectivity index (χ0v) is 15.9. The van der Waals surface area contributed by atoms with E-state index in [9.17, 15) is 13.2 Å². The van der Waals surface area contributed by atoms with Gasteiger partial charge in [-0.15, -0.1) is 0 Å². The summed E-state index contributed by atoms with van der Waals surface area (Å²) < 4.78 is 36.5. The fourth-order valence-electron chi connectivity index (χ4n) is 2.31. The van der Waals surface area contributed by atoms with E-state index in [1.165, 1.54) is 45.5 Å². The van der Waals surface area contributed by atoms with Crippen molar-refractivity contribution in [3.8, 4) is 17.6 Å². The number of likely N-dealkylation sites (N-methyl/N-ethyl adjacent to an activating group) is 1. The van der Waals surface area contributed by atoms with E-state index in [0.29, 0.717) is 17.0 Å². The average molecular weight is 389 g/mol. The summed E-state index contributed by atoms with van der Waals surface area (Å²) >= 11 is 0. The summed E-state index contributed by atoms with van der Waals surface area (Å²) in [5.74, 6) is 0.135. The summed E-state index contributed by atoms with van der Waals surface area (Å²) in [5.41, 5.74) is 0.801. The van der Waals surface area contributed by atoms with E-state index < -0.39 is 22.5 Å². The summed E-state index contributed by atoms with van der Waals surface area (Å²) in [4.78, 5) is 12.2. The van der Waals surface area contributed by atoms with E-state index in [1.807, 2.05) is 6.07 Å². The maximum atomic E-state index is 12.7. The number of carbonyl (C=O) groups excluding carboxylic acids is 1. The Balaban J connectivity index is 2.14. The van der Waals surface area contributed by atoms with Gasteiger partial charge in [-0.1, -0.05) is 6.07 Å². The van der Waals surface area contributed by atoms with Crippen LogP contribution in [0.4, 0.5) is 5.69 Å². The topological polar surface area (TPSA) is 109 Å². The Labute approximate surface area is 158 Å². The number of amides is 1. The highest BCUT2D eigenvalue weighted by Gasteiger charge is 2.24. The number of nitrogens with zero attached hydrogens (tertiary/aromatic N) is 2. The lowest BCUT2D eigenvalue weighted by atomic mass is 10.2. The number of rotatable bonds is 7. The molecule has 0 bridgehead atoms. The molecule has 2 rings (SSSR count). The molecule has 142 valence electrons. The quantitative estimate of drug-likeness (QED) is 0.774. The maximum absolute atomic E-state index is 12.7. The van der Waals surface area contributed by atoms with Crippen LogP contribution in [0.25, 0.3) is 0 Å². The summed E-state index contributed by atoms with van der Waals surface area (Å²) in [6.45, 7) is -0.395. The Hall–Kier alpha value is -3.09. The van der Waals surface area contributed by atoms with E-state index >= 15 is 0 Å². The zero-order chi connectivity index (χ0) is 20.0. The molecule has 1 amide bonds. The smallest absolute Gasteiger partial charge is 0.243 e. The predicted octanol–water partition coefficient (Wildman–Crippen LogP) is 1.83. The van der Waals surface area contributed by atoms with Gasteiger partial charge in [0.05, 0.1) is 37.3 Å². The molecule has 0 atom stereocenters. The molecular formula is C18H19N3O5S. The molecule has 1 N–H and O–H groups in total. The van der Waals surface area contributed by atoms with E-state index in [1.54, 1.807) is 18.2 Å². The molecule has 0 saturated heterocycles. The Morgan fingerprint density at radius 1 is 1.15 bits per heavy atom. The van der Waals surface area contributed by atoms with Gasteiger partial charge in [0.1, 0.15) is 0 Å². The Bertz CT molecular complexity index is 983. The lowest BCUT2D eigenvalue weighted by Crippen LogP contribution is -2.35. The van der Waals surface area contributed by atoms with Crippen LogP contribution < -0.4 is 14.8 Å². The van der Waals surface area contributed by atoms with Crippen molar-refractivity contribution in [1.29, 1.82) is 5.26 Å². The SMILES string of the molecule is COc1ccc(S(=O)(=O)N(C)CC(=O)Nc2cccc(C#N)c2)cc1OC. The van der Waals surface area contributed by atoms with Crippen LogP contribution in [0, 0.1) is 11.3 Å². The molecule has 0 unspecified atom stereocenters. The second-order valence-corrected chi connectivity index (χ2v) is 7.56. The molecule has 0 aromatic heterocycles. The number of anilines is 1. The molecule has 2 aromatic rings. The third kappa shape index (κ3) is 4.75. The van der Waals surface area contributed by atoms with Crippen molar-refractivity contribution < 1.29 is 22.7 Å². The molecule has 0 saturated carbocycles. The zero-order valence-electron chi connectivity index (χ0n) is 15.1. The Morgan fingerprint density at radius 2 is 1.85 bits per heavy atom. The van der Waals surface area contributed by atoms with Gasteiger partial charge in [0.2, 0.25) is 15.9 Å². The van der Waals surface area contributed by atoms with Crippen molar-refractivity contribution in [3.05, 3.63) is 48.0 Å². The van der Waals surface area contributed by atoms with E-state index in [-0.39, 0.29) is 10.6 Å². The van der Waals surface area contributed by atoms with E-state index in [0.717, 1.165) is 4.31 Å². The number of sulfonamides is 1. The van der Waals surface area contributed by atoms with Gasteiger partial charge in [-0.05, 0) is 30.3 Å². The minimum Gasteiger partial charge on any atom is -0.493 e. The van der Waals surface area contributed by atoms with Gasteiger partial charge in [0.15, 0.2) is 11.5 Å². The first-order valence-corrected chi connectivity index (χ1v) is 9.24. The van der Waals surface area contributed by atoms with E-state index in [2.05, 4.69) is 5.32 Å². The summed E-state index contributed by atoms with van der Waals surface area (Å²) in [6, 6.07) is 12.5. The third-order valence-corrected chi connectivity index (χ3v) is 5.50. The Kier molecular flexibility index (Phi) is 6.39. The van der Waals surface area contributed by atoms with Crippen LogP contribution in [0.3, 0.4) is 0 Å². The number of hydrogen-bond donors (Lipinski definition) is 1. The average Bonchev–Trinajstić information content (AvgIpc) is 2.67. The molecule has 0 fully saturated rings. The van der Waals surface area contributed by atoms with Crippen molar-refractivity contribution in [2.75, 3.05) is 33.1 Å². The van der Waals surface area contributed by atoms with Gasteiger partial charge < -0.3 is 14.8 Å². The highest BCUT2D eigenvalue weighted by Crippen LogP contribution is 2.30. The number of ether oxygens (including phenoxy) is 2. The summed E-state index contributed by atoms with van der Waals surface area (Å²) in [6.07, 6.45) is 0. The number of benzene rings is 2. The van der Waals surface area contributed by atoms with Gasteiger partial charge in [-0.3, -0.25) is 4.79 Å². The predicted molar refractivity (Wildman–Crippen MR) is 99.1 cm³/mol. The fourth-order valence-corrected chi connectivity index (χ4v) is 3.45. The van der Waals surface area contributed by atoms with Crippen molar-refractivity contribution in [2.24, 2.45) is 0 Å². The van der Waals surface area contributed by atoms with Crippen LogP contribution in [0.2, 0.25) is 0 Å². The fraction of sp³-hybridized carbons (Fsp3) is 0.222. The highest BCUT2D eigenvalue weighted by molar-refractivity contribution is 7.89. The van der Waals surface area contributed by atoms with Crippen molar-refractivity contribution in [3.63, 3.8) is 0 Å². The lowest BCUT2D eigenvalue weighted by Gasteiger charge is -2.18. The normalized spacial score (nSPS) is 10.9. The number of nitrogens with one attached hydrogen (secondary N) is 1. The molecule has 0 aliphatic heterocycles. The Morgan fingerprint density at radius 3 is 2.48 bits per heavy atom. The van der Waals surface area contributed by atoms with Crippen LogP contribution in [0.5, 0.6) is 11.5 Å². The lowest BCUT2D eigenvalue weighted by molar-refractivity contribution is -0.116. The first kappa shape index (κ1) is 20.2. The monoisotopic (exact) mass is 389 g/mol. The first-order chi connectivity index (χ1) is 12.8. The summed E-state index contributed by atoms with van der Waals surface area (Å²) in [7, 11) is 0.243. The van der Waals surface area contributed by atoms with Gasteiger partial charge in [-0.25, -0.2) is 8.42 Å². The molecule has 0 heterocycles. The number of methoxy groups -OCH3 is 2. The van der Waals surface area contributed by atoms with Crippen molar-refractivity contribution in [2.45, 2.75) is 4.90 Å². The first-order valence-electron chi connectivity index (χ1n) is 7.80. The summed E-state index contributed by atoms with van der Waals surface area (Å²) in [5, 5.41) is 11.5.